The van der Waals surface area contributed by atoms with Crippen LogP contribution in [0.1, 0.15) is 29.3 Å². The molecule has 1 saturated carbocycles. The Kier molecular flexibility index (Phi) is 3.12. The Morgan fingerprint density at radius 2 is 2.20 bits per heavy atom. The van der Waals surface area contributed by atoms with Gasteiger partial charge in [-0.15, -0.1) is 11.3 Å². The van der Waals surface area contributed by atoms with E-state index in [1.165, 1.54) is 29.3 Å². The summed E-state index contributed by atoms with van der Waals surface area (Å²) in [7, 11) is 1.36. The number of thiophene rings is 1. The van der Waals surface area contributed by atoms with Crippen LogP contribution < -0.4 is 5.56 Å². The minimum atomic E-state index is -0.538. The molecule has 1 unspecified atom stereocenters. The molecule has 0 amide bonds. The lowest BCUT2D eigenvalue weighted by atomic mass is 10.1. The third-order valence-electron chi connectivity index (χ3n) is 3.93. The number of ether oxygens (including phenoxy) is 1. The Hall–Kier alpha value is -1.69. The number of hydrogen-bond acceptors (Lipinski definition) is 5. The van der Waals surface area contributed by atoms with E-state index in [9.17, 15) is 9.59 Å². The molecule has 0 bridgehead atoms. The Labute approximate surface area is 120 Å². The predicted molar refractivity (Wildman–Crippen MR) is 77.1 cm³/mol. The number of carbonyl (C=O) groups excluding carboxylic acids is 1. The molecular weight excluding hydrogens is 276 g/mol. The van der Waals surface area contributed by atoms with Crippen LogP contribution in [0, 0.1) is 19.8 Å². The van der Waals surface area contributed by atoms with E-state index in [-0.39, 0.29) is 17.4 Å². The summed E-state index contributed by atoms with van der Waals surface area (Å²) in [6.07, 6.45) is 3.39. The summed E-state index contributed by atoms with van der Waals surface area (Å²) < 4.78 is 6.30. The third kappa shape index (κ3) is 1.95. The van der Waals surface area contributed by atoms with Crippen LogP contribution in [-0.4, -0.2) is 22.6 Å². The Balaban J connectivity index is 2.20. The highest BCUT2D eigenvalue weighted by atomic mass is 32.1. The number of methoxy groups -OCH3 is 1. The normalized spacial score (nSPS) is 16.4. The Morgan fingerprint density at radius 3 is 2.80 bits per heavy atom. The number of esters is 1. The number of aryl methyl sites for hydroxylation is 2. The molecule has 20 heavy (non-hydrogen) atoms. The van der Waals surface area contributed by atoms with Gasteiger partial charge in [0.05, 0.1) is 18.8 Å². The van der Waals surface area contributed by atoms with Crippen LogP contribution in [0.5, 0.6) is 0 Å². The zero-order valence-electron chi connectivity index (χ0n) is 11.7. The van der Waals surface area contributed by atoms with Gasteiger partial charge in [-0.3, -0.25) is 9.36 Å². The van der Waals surface area contributed by atoms with E-state index >= 15 is 0 Å². The van der Waals surface area contributed by atoms with Crippen molar-refractivity contribution in [2.75, 3.05) is 7.11 Å². The Morgan fingerprint density at radius 1 is 1.50 bits per heavy atom. The SMILES string of the molecule is COC(=O)C(C1CC1)n1cnc2sc(C)c(C)c2c1=O. The highest BCUT2D eigenvalue weighted by molar-refractivity contribution is 7.18. The fourth-order valence-corrected chi connectivity index (χ4v) is 3.50. The van der Waals surface area contributed by atoms with Crippen LogP contribution >= 0.6 is 11.3 Å². The van der Waals surface area contributed by atoms with Gasteiger partial charge >= 0.3 is 5.97 Å². The number of aromatic nitrogens is 2. The molecule has 1 fully saturated rings. The van der Waals surface area contributed by atoms with Gasteiger partial charge < -0.3 is 4.74 Å². The van der Waals surface area contributed by atoms with Gasteiger partial charge in [0.1, 0.15) is 10.9 Å². The summed E-state index contributed by atoms with van der Waals surface area (Å²) in [5.74, 6) is -0.167. The minimum Gasteiger partial charge on any atom is -0.467 e. The molecule has 0 spiro atoms. The first kappa shape index (κ1) is 13.3. The first-order valence-electron chi connectivity index (χ1n) is 6.59. The molecule has 0 N–H and O–H groups in total. The average Bonchev–Trinajstić information content (AvgIpc) is 3.20. The first-order valence-corrected chi connectivity index (χ1v) is 7.41. The smallest absolute Gasteiger partial charge is 0.329 e. The van der Waals surface area contributed by atoms with Crippen molar-refractivity contribution in [3.8, 4) is 0 Å². The van der Waals surface area contributed by atoms with Crippen LogP contribution in [0.4, 0.5) is 0 Å². The molecule has 0 aromatic carbocycles. The lowest BCUT2D eigenvalue weighted by molar-refractivity contribution is -0.145. The van der Waals surface area contributed by atoms with Crippen LogP contribution in [0.15, 0.2) is 11.1 Å². The van der Waals surface area contributed by atoms with Gasteiger partial charge in [0, 0.05) is 4.88 Å². The summed E-state index contributed by atoms with van der Waals surface area (Å²) in [5, 5.41) is 0.629. The standard InChI is InChI=1S/C14H16N2O3S/c1-7-8(2)20-12-10(7)13(17)16(6-15-12)11(9-4-5-9)14(18)19-3/h6,9,11H,4-5H2,1-3H3. The molecule has 2 aromatic rings. The van der Waals surface area contributed by atoms with Crippen LogP contribution in [-0.2, 0) is 9.53 Å². The van der Waals surface area contributed by atoms with Crippen molar-refractivity contribution in [2.24, 2.45) is 5.92 Å². The van der Waals surface area contributed by atoms with Gasteiger partial charge in [-0.1, -0.05) is 0 Å². The van der Waals surface area contributed by atoms with Gasteiger partial charge in [-0.05, 0) is 38.2 Å². The maximum atomic E-state index is 12.7. The monoisotopic (exact) mass is 292 g/mol. The van der Waals surface area contributed by atoms with E-state index in [2.05, 4.69) is 4.98 Å². The summed E-state index contributed by atoms with van der Waals surface area (Å²) in [6, 6.07) is -0.538. The zero-order chi connectivity index (χ0) is 14.4. The number of hydrogen-bond donors (Lipinski definition) is 0. The fraction of sp³-hybridized carbons (Fsp3) is 0.500. The van der Waals surface area contributed by atoms with Crippen LogP contribution in [0.3, 0.4) is 0 Å². The van der Waals surface area contributed by atoms with Gasteiger partial charge in [0.25, 0.3) is 5.56 Å². The van der Waals surface area contributed by atoms with Crippen LogP contribution in [0.2, 0.25) is 0 Å². The van der Waals surface area contributed by atoms with Crippen molar-refractivity contribution in [3.05, 3.63) is 27.1 Å². The van der Waals surface area contributed by atoms with Crippen molar-refractivity contribution in [3.63, 3.8) is 0 Å². The fourth-order valence-electron chi connectivity index (χ4n) is 2.51. The van der Waals surface area contributed by atoms with Gasteiger partial charge in [-0.2, -0.15) is 0 Å². The van der Waals surface area contributed by atoms with Crippen molar-refractivity contribution in [1.82, 2.24) is 9.55 Å². The molecule has 2 heterocycles. The van der Waals surface area contributed by atoms with Crippen molar-refractivity contribution >= 4 is 27.5 Å². The number of fused-ring (bicyclic) bond motifs is 1. The van der Waals surface area contributed by atoms with E-state index in [0.717, 1.165) is 28.1 Å². The lowest BCUT2D eigenvalue weighted by Gasteiger charge is -2.16. The predicted octanol–water partition coefficient (Wildman–Crippen LogP) is 2.20. The third-order valence-corrected chi connectivity index (χ3v) is 5.04. The van der Waals surface area contributed by atoms with E-state index < -0.39 is 6.04 Å². The largest absolute Gasteiger partial charge is 0.467 e. The van der Waals surface area contributed by atoms with E-state index in [0.29, 0.717) is 5.39 Å². The molecule has 1 atom stereocenters. The highest BCUT2D eigenvalue weighted by Gasteiger charge is 2.39. The topological polar surface area (TPSA) is 61.2 Å². The molecule has 1 aliphatic rings. The van der Waals surface area contributed by atoms with Crippen molar-refractivity contribution in [2.45, 2.75) is 32.7 Å². The first-order chi connectivity index (χ1) is 9.54. The summed E-state index contributed by atoms with van der Waals surface area (Å²) in [6.45, 7) is 3.90. The number of nitrogens with zero attached hydrogens (tertiary/aromatic N) is 2. The summed E-state index contributed by atoms with van der Waals surface area (Å²) in [4.78, 5) is 30.8. The van der Waals surface area contributed by atoms with Crippen molar-refractivity contribution < 1.29 is 9.53 Å². The second kappa shape index (κ2) is 4.70. The maximum absolute atomic E-state index is 12.7. The second-order valence-electron chi connectivity index (χ2n) is 5.23. The average molecular weight is 292 g/mol. The molecule has 1 aliphatic carbocycles. The molecule has 0 aliphatic heterocycles. The minimum absolute atomic E-state index is 0.140. The molecule has 0 radical (unpaired) electrons. The molecule has 5 nitrogen and oxygen atoms in total. The molecule has 106 valence electrons. The quantitative estimate of drug-likeness (QED) is 0.814. The molecular formula is C14H16N2O3S. The van der Waals surface area contributed by atoms with Gasteiger partial charge in [-0.25, -0.2) is 9.78 Å². The van der Waals surface area contributed by atoms with Crippen molar-refractivity contribution in [1.29, 1.82) is 0 Å². The second-order valence-corrected chi connectivity index (χ2v) is 6.43. The number of carbonyl (C=O) groups is 1. The summed E-state index contributed by atoms with van der Waals surface area (Å²) >= 11 is 1.51. The van der Waals surface area contributed by atoms with Gasteiger partial charge in [0.2, 0.25) is 0 Å². The lowest BCUT2D eigenvalue weighted by Crippen LogP contribution is -2.32. The summed E-state index contributed by atoms with van der Waals surface area (Å²) in [5.41, 5.74) is 0.815. The molecule has 6 heteroatoms. The Bertz CT molecular complexity index is 743. The maximum Gasteiger partial charge on any atom is 0.329 e. The highest BCUT2D eigenvalue weighted by Crippen LogP contribution is 2.40. The molecule has 2 aromatic heterocycles. The molecule has 3 rings (SSSR count). The number of rotatable bonds is 3. The van der Waals surface area contributed by atoms with E-state index in [1.54, 1.807) is 0 Å². The van der Waals surface area contributed by atoms with E-state index in [1.807, 2.05) is 13.8 Å². The van der Waals surface area contributed by atoms with E-state index in [4.69, 9.17) is 4.74 Å². The zero-order valence-corrected chi connectivity index (χ0v) is 12.5. The van der Waals surface area contributed by atoms with Gasteiger partial charge in [0.15, 0.2) is 0 Å². The van der Waals surface area contributed by atoms with Crippen LogP contribution in [0.25, 0.3) is 10.2 Å². The molecule has 0 saturated heterocycles.